The molecule has 1 aromatic carbocycles. The summed E-state index contributed by atoms with van der Waals surface area (Å²) in [4.78, 5) is 0. The maximum absolute atomic E-state index is 12.9. The first-order valence-electron chi connectivity index (χ1n) is 4.04. The van der Waals surface area contributed by atoms with Gasteiger partial charge in [0.1, 0.15) is 5.60 Å². The molecule has 0 spiro atoms. The number of benzene rings is 1. The van der Waals surface area contributed by atoms with Crippen molar-refractivity contribution in [3.63, 3.8) is 0 Å². The lowest BCUT2D eigenvalue weighted by Gasteiger charge is -2.38. The summed E-state index contributed by atoms with van der Waals surface area (Å²) in [6, 6.07) is 4.16. The van der Waals surface area contributed by atoms with Gasteiger partial charge in [-0.25, -0.2) is 4.39 Å². The minimum Gasteiger partial charge on any atom is -0.505 e. The molecule has 2 rings (SSSR count). The van der Waals surface area contributed by atoms with Crippen LogP contribution < -0.4 is 5.32 Å². The molecule has 70 valence electrons. The second kappa shape index (κ2) is 2.68. The first kappa shape index (κ1) is 8.47. The topological polar surface area (TPSA) is 52.5 Å². The van der Waals surface area contributed by atoms with Crippen LogP contribution in [-0.2, 0) is 5.60 Å². The highest BCUT2D eigenvalue weighted by Gasteiger charge is 2.38. The van der Waals surface area contributed by atoms with Gasteiger partial charge in [0.05, 0.1) is 0 Å². The highest BCUT2D eigenvalue weighted by molar-refractivity contribution is 5.39. The maximum atomic E-state index is 12.9. The third-order valence-electron chi connectivity index (χ3n) is 2.32. The molecule has 1 saturated heterocycles. The number of phenolic OH excluding ortho intramolecular Hbond substituents is 1. The molecule has 3 N–H and O–H groups in total. The smallest absolute Gasteiger partial charge is 0.165 e. The normalized spacial score (nSPS) is 19.5. The lowest BCUT2D eigenvalue weighted by molar-refractivity contribution is -0.0168. The summed E-state index contributed by atoms with van der Waals surface area (Å²) in [5.74, 6) is -1.15. The van der Waals surface area contributed by atoms with E-state index in [1.165, 1.54) is 12.1 Å². The number of para-hydroxylation sites is 1. The van der Waals surface area contributed by atoms with Gasteiger partial charge in [-0.15, -0.1) is 0 Å². The average Bonchev–Trinajstić information content (AvgIpc) is 2.06. The van der Waals surface area contributed by atoms with Gasteiger partial charge in [-0.2, -0.15) is 0 Å². The molecule has 1 aliphatic rings. The van der Waals surface area contributed by atoms with E-state index in [4.69, 9.17) is 0 Å². The van der Waals surface area contributed by atoms with E-state index < -0.39 is 17.2 Å². The van der Waals surface area contributed by atoms with Gasteiger partial charge in [0.2, 0.25) is 0 Å². The zero-order chi connectivity index (χ0) is 9.47. The molecule has 0 radical (unpaired) electrons. The van der Waals surface area contributed by atoms with Crippen molar-refractivity contribution in [2.24, 2.45) is 0 Å². The van der Waals surface area contributed by atoms with Gasteiger partial charge in [-0.05, 0) is 6.07 Å². The number of hydrogen-bond donors (Lipinski definition) is 3. The molecule has 1 aliphatic heterocycles. The molecule has 4 heteroatoms. The fraction of sp³-hybridized carbons (Fsp3) is 0.333. The predicted octanol–water partition coefficient (Wildman–Crippen LogP) is 0.322. The van der Waals surface area contributed by atoms with Gasteiger partial charge in [0.15, 0.2) is 11.6 Å². The number of rotatable bonds is 1. The Bertz CT molecular complexity index is 336. The van der Waals surface area contributed by atoms with Crippen LogP contribution in [0.4, 0.5) is 4.39 Å². The number of nitrogens with one attached hydrogen (secondary N) is 1. The van der Waals surface area contributed by atoms with Crippen LogP contribution >= 0.6 is 0 Å². The van der Waals surface area contributed by atoms with Crippen LogP contribution in [0.1, 0.15) is 5.56 Å². The van der Waals surface area contributed by atoms with Crippen LogP contribution in [0.5, 0.6) is 5.75 Å². The van der Waals surface area contributed by atoms with Gasteiger partial charge in [-0.1, -0.05) is 12.1 Å². The van der Waals surface area contributed by atoms with Crippen molar-refractivity contribution >= 4 is 0 Å². The molecule has 0 atom stereocenters. The van der Waals surface area contributed by atoms with Crippen LogP contribution in [0.3, 0.4) is 0 Å². The van der Waals surface area contributed by atoms with Crippen molar-refractivity contribution in [2.75, 3.05) is 13.1 Å². The Morgan fingerprint density at radius 2 is 2.08 bits per heavy atom. The Morgan fingerprint density at radius 1 is 1.38 bits per heavy atom. The standard InChI is InChI=1S/C9H10FNO2/c10-7-3-1-2-6(8(7)12)9(13)4-11-5-9/h1-3,11-13H,4-5H2. The van der Waals surface area contributed by atoms with E-state index >= 15 is 0 Å². The molecule has 0 unspecified atom stereocenters. The van der Waals surface area contributed by atoms with Crippen molar-refractivity contribution < 1.29 is 14.6 Å². The predicted molar refractivity (Wildman–Crippen MR) is 44.8 cm³/mol. The van der Waals surface area contributed by atoms with Crippen LogP contribution in [-0.4, -0.2) is 23.3 Å². The van der Waals surface area contributed by atoms with E-state index in [1.54, 1.807) is 0 Å². The van der Waals surface area contributed by atoms with E-state index in [0.717, 1.165) is 6.07 Å². The third kappa shape index (κ3) is 1.18. The molecule has 13 heavy (non-hydrogen) atoms. The molecule has 1 aromatic rings. The molecule has 0 aliphatic carbocycles. The number of halogens is 1. The van der Waals surface area contributed by atoms with Crippen LogP contribution in [0.25, 0.3) is 0 Å². The van der Waals surface area contributed by atoms with Crippen LogP contribution in [0.15, 0.2) is 18.2 Å². The number of aliphatic hydroxyl groups is 1. The van der Waals surface area contributed by atoms with Crippen molar-refractivity contribution in [3.05, 3.63) is 29.6 Å². The third-order valence-corrected chi connectivity index (χ3v) is 2.32. The molecule has 3 nitrogen and oxygen atoms in total. The van der Waals surface area contributed by atoms with Gasteiger partial charge in [0.25, 0.3) is 0 Å². The SMILES string of the molecule is Oc1c(F)cccc1C1(O)CNC1. The van der Waals surface area contributed by atoms with E-state index in [1.807, 2.05) is 0 Å². The molecule has 1 fully saturated rings. The lowest BCUT2D eigenvalue weighted by Crippen LogP contribution is -2.56. The van der Waals surface area contributed by atoms with Gasteiger partial charge in [-0.3, -0.25) is 0 Å². The Balaban J connectivity index is 2.45. The Labute approximate surface area is 74.8 Å². The summed E-state index contributed by atoms with van der Waals surface area (Å²) >= 11 is 0. The van der Waals surface area contributed by atoms with Gasteiger partial charge in [0, 0.05) is 18.7 Å². The average molecular weight is 183 g/mol. The number of phenols is 1. The van der Waals surface area contributed by atoms with E-state index in [-0.39, 0.29) is 5.56 Å². The molecule has 0 saturated carbocycles. The zero-order valence-corrected chi connectivity index (χ0v) is 6.92. The molecular formula is C9H10FNO2. The number of aromatic hydroxyl groups is 1. The van der Waals surface area contributed by atoms with Crippen molar-refractivity contribution in [1.29, 1.82) is 0 Å². The number of hydrogen-bond acceptors (Lipinski definition) is 3. The number of β-amino-alcohol motifs (C(OH)–C–C–N with tert-alkyl or cyclic N) is 1. The summed E-state index contributed by atoms with van der Waals surface area (Å²) < 4.78 is 12.9. The minimum absolute atomic E-state index is 0.256. The molecule has 1 heterocycles. The summed E-state index contributed by atoms with van der Waals surface area (Å²) in [5, 5.41) is 22.0. The van der Waals surface area contributed by atoms with E-state index in [2.05, 4.69) is 5.32 Å². The Morgan fingerprint density at radius 3 is 2.62 bits per heavy atom. The van der Waals surface area contributed by atoms with Gasteiger partial charge >= 0.3 is 0 Å². The summed E-state index contributed by atoms with van der Waals surface area (Å²) in [6.07, 6.45) is 0. The fourth-order valence-electron chi connectivity index (χ4n) is 1.44. The van der Waals surface area contributed by atoms with Gasteiger partial charge < -0.3 is 15.5 Å². The summed E-state index contributed by atoms with van der Waals surface area (Å²) in [7, 11) is 0. The maximum Gasteiger partial charge on any atom is 0.165 e. The molecule has 0 amide bonds. The first-order chi connectivity index (χ1) is 6.13. The van der Waals surface area contributed by atoms with Crippen molar-refractivity contribution in [1.82, 2.24) is 5.32 Å². The monoisotopic (exact) mass is 183 g/mol. The van der Waals surface area contributed by atoms with E-state index in [0.29, 0.717) is 13.1 Å². The van der Waals surface area contributed by atoms with Crippen molar-refractivity contribution in [2.45, 2.75) is 5.60 Å². The molecule has 0 aromatic heterocycles. The molecule has 0 bridgehead atoms. The zero-order valence-electron chi connectivity index (χ0n) is 6.92. The van der Waals surface area contributed by atoms with Crippen LogP contribution in [0, 0.1) is 5.82 Å². The summed E-state index contributed by atoms with van der Waals surface area (Å²) in [6.45, 7) is 0.702. The first-order valence-corrected chi connectivity index (χ1v) is 4.04. The second-order valence-electron chi connectivity index (χ2n) is 3.27. The minimum atomic E-state index is -1.10. The lowest BCUT2D eigenvalue weighted by atomic mass is 9.87. The Kier molecular flexibility index (Phi) is 1.75. The second-order valence-corrected chi connectivity index (χ2v) is 3.27. The van der Waals surface area contributed by atoms with E-state index in [9.17, 15) is 14.6 Å². The highest BCUT2D eigenvalue weighted by atomic mass is 19.1. The Hall–Kier alpha value is -1.13. The largest absolute Gasteiger partial charge is 0.505 e. The van der Waals surface area contributed by atoms with Crippen LogP contribution in [0.2, 0.25) is 0 Å². The fourth-order valence-corrected chi connectivity index (χ4v) is 1.44. The quantitative estimate of drug-likeness (QED) is 0.587. The molecular weight excluding hydrogens is 173 g/mol. The highest BCUT2D eigenvalue weighted by Crippen LogP contribution is 2.33. The summed E-state index contributed by atoms with van der Waals surface area (Å²) in [5.41, 5.74) is -0.849. The van der Waals surface area contributed by atoms with Crippen molar-refractivity contribution in [3.8, 4) is 5.75 Å².